The summed E-state index contributed by atoms with van der Waals surface area (Å²) in [4.78, 5) is 20.0. The fourth-order valence-electron chi connectivity index (χ4n) is 0.776. The van der Waals surface area contributed by atoms with Gasteiger partial charge in [-0.15, -0.1) is 0 Å². The van der Waals surface area contributed by atoms with E-state index in [1.165, 1.54) is 6.92 Å². The van der Waals surface area contributed by atoms with Crippen molar-refractivity contribution in [1.29, 1.82) is 0 Å². The Morgan fingerprint density at radius 3 is 2.42 bits per heavy atom. The van der Waals surface area contributed by atoms with Gasteiger partial charge in [0.25, 0.3) is 0 Å². The van der Waals surface area contributed by atoms with Gasteiger partial charge in [-0.1, -0.05) is 18.2 Å². The Morgan fingerprint density at radius 1 is 1.33 bits per heavy atom. The third-order valence-corrected chi connectivity index (χ3v) is 1.98. The molecule has 0 aliphatic rings. The summed E-state index contributed by atoms with van der Waals surface area (Å²) in [5.74, 6) is 0. The lowest BCUT2D eigenvalue weighted by Gasteiger charge is -1.89. The summed E-state index contributed by atoms with van der Waals surface area (Å²) in [6.07, 6.45) is 0. The molecule has 0 amide bonds. The molecule has 62 valence electrons. The second-order valence-corrected chi connectivity index (χ2v) is 3.43. The van der Waals surface area contributed by atoms with Gasteiger partial charge in [-0.05, 0) is 12.1 Å². The van der Waals surface area contributed by atoms with Crippen LogP contribution in [-0.2, 0) is 4.79 Å². The molecular weight excluding hydrogens is 172 g/mol. The van der Waals surface area contributed by atoms with Crippen LogP contribution in [0.3, 0.4) is 0 Å². The number of hydrogen-bond acceptors (Lipinski definition) is 2. The average molecular weight is 181 g/mol. The van der Waals surface area contributed by atoms with E-state index in [4.69, 9.17) is 0 Å². The lowest BCUT2D eigenvalue weighted by Crippen LogP contribution is -1.97. The van der Waals surface area contributed by atoms with E-state index in [1.807, 2.05) is 18.2 Å². The molecule has 0 atom stereocenters. The molecule has 0 saturated carbocycles. The fourth-order valence-corrected chi connectivity index (χ4v) is 1.30. The van der Waals surface area contributed by atoms with Crippen molar-refractivity contribution < 1.29 is 9.59 Å². The topological polar surface area (TPSA) is 38.5 Å². The third kappa shape index (κ3) is 2.51. The van der Waals surface area contributed by atoms with Crippen molar-refractivity contribution in [2.75, 3.05) is 0 Å². The van der Waals surface area contributed by atoms with Gasteiger partial charge < -0.3 is 0 Å². The molecule has 0 aliphatic carbocycles. The van der Waals surface area contributed by atoms with Gasteiger partial charge >= 0.3 is 5.12 Å². The molecule has 0 heterocycles. The van der Waals surface area contributed by atoms with Gasteiger partial charge in [0.1, 0.15) is 0 Å². The van der Waals surface area contributed by atoms with Gasteiger partial charge in [-0.3, -0.25) is 9.59 Å². The summed E-state index contributed by atoms with van der Waals surface area (Å²) in [5.41, 5.74) is 0.678. The van der Waals surface area contributed by atoms with E-state index in [9.17, 15) is 9.59 Å². The first kappa shape index (κ1) is 9.00. The highest BCUT2D eigenvalue weighted by Crippen LogP contribution is 2.11. The number of thioether (sulfide) groups is 1. The van der Waals surface area contributed by atoms with E-state index in [2.05, 4.69) is 0 Å². The van der Waals surface area contributed by atoms with Gasteiger partial charge in [-0.2, -0.15) is 0 Å². The SMILES string of the molecule is CC(=O)SC(=[OH+])c1ccccc1. The Balaban J connectivity index is 2.73. The van der Waals surface area contributed by atoms with E-state index in [0.717, 1.165) is 11.8 Å². The molecule has 0 fully saturated rings. The molecule has 1 aromatic rings. The maximum Gasteiger partial charge on any atom is 0.389 e. The van der Waals surface area contributed by atoms with Crippen LogP contribution in [0.5, 0.6) is 0 Å². The van der Waals surface area contributed by atoms with E-state index in [1.54, 1.807) is 12.1 Å². The first-order valence-electron chi connectivity index (χ1n) is 3.50. The van der Waals surface area contributed by atoms with Crippen LogP contribution in [0.4, 0.5) is 0 Å². The number of benzene rings is 1. The minimum Gasteiger partial charge on any atom is -0.287 e. The maximum atomic E-state index is 10.6. The van der Waals surface area contributed by atoms with Gasteiger partial charge in [-0.25, -0.2) is 0 Å². The Hall–Kier alpha value is -1.09. The predicted molar refractivity (Wildman–Crippen MR) is 50.8 cm³/mol. The van der Waals surface area contributed by atoms with Crippen LogP contribution in [0.2, 0.25) is 0 Å². The molecule has 2 nitrogen and oxygen atoms in total. The quantitative estimate of drug-likeness (QED) is 0.620. The van der Waals surface area contributed by atoms with Crippen molar-refractivity contribution in [2.45, 2.75) is 6.92 Å². The predicted octanol–water partition coefficient (Wildman–Crippen LogP) is 1.82. The molecule has 12 heavy (non-hydrogen) atoms. The van der Waals surface area contributed by atoms with Crippen LogP contribution in [0.25, 0.3) is 0 Å². The summed E-state index contributed by atoms with van der Waals surface area (Å²) in [6.45, 7) is 1.42. The molecule has 3 heteroatoms. The highest BCUT2D eigenvalue weighted by Gasteiger charge is 2.14. The zero-order valence-electron chi connectivity index (χ0n) is 6.65. The van der Waals surface area contributed by atoms with Crippen LogP contribution < -0.4 is 0 Å². The van der Waals surface area contributed by atoms with Crippen LogP contribution in [0.1, 0.15) is 12.5 Å². The van der Waals surface area contributed by atoms with Crippen molar-refractivity contribution in [3.63, 3.8) is 0 Å². The van der Waals surface area contributed by atoms with Crippen molar-refractivity contribution in [2.24, 2.45) is 0 Å². The zero-order chi connectivity index (χ0) is 8.97. The largest absolute Gasteiger partial charge is 0.389 e. The van der Waals surface area contributed by atoms with Gasteiger partial charge in [0.15, 0.2) is 5.12 Å². The molecule has 1 N–H and O–H groups in total. The van der Waals surface area contributed by atoms with E-state index >= 15 is 0 Å². The standard InChI is InChI=1S/C9H8O2S/c1-7(10)12-9(11)8-5-3-2-4-6-8/h2-6H,1H3/p+1. The molecule has 0 radical (unpaired) electrons. The maximum absolute atomic E-state index is 10.6. The zero-order valence-corrected chi connectivity index (χ0v) is 7.47. The van der Waals surface area contributed by atoms with Crippen LogP contribution in [0.15, 0.2) is 30.3 Å². The second-order valence-electron chi connectivity index (χ2n) is 2.26. The first-order chi connectivity index (χ1) is 5.70. The van der Waals surface area contributed by atoms with Crippen LogP contribution in [0, 0.1) is 0 Å². The lowest BCUT2D eigenvalue weighted by molar-refractivity contribution is -0.109. The van der Waals surface area contributed by atoms with Crippen molar-refractivity contribution in [3.05, 3.63) is 35.9 Å². The molecule has 1 aromatic carbocycles. The number of carbonyl (C=O) groups is 1. The Labute approximate surface area is 75.0 Å². The van der Waals surface area contributed by atoms with Crippen LogP contribution >= 0.6 is 11.8 Å². The number of rotatable bonds is 1. The molecular formula is C9H9O2S+. The van der Waals surface area contributed by atoms with Gasteiger partial charge in [0, 0.05) is 6.92 Å². The minimum atomic E-state index is -0.114. The Kier molecular flexibility index (Phi) is 3.05. The Morgan fingerprint density at radius 2 is 1.92 bits per heavy atom. The van der Waals surface area contributed by atoms with Crippen LogP contribution in [-0.4, -0.2) is 15.0 Å². The number of carbonyl (C=O) groups excluding carboxylic acids is 2. The van der Waals surface area contributed by atoms with Crippen molar-refractivity contribution in [3.8, 4) is 0 Å². The minimum absolute atomic E-state index is 0.0584. The molecule has 0 bridgehead atoms. The number of hydrogen-bond donors (Lipinski definition) is 0. The first-order valence-corrected chi connectivity index (χ1v) is 4.31. The molecule has 0 aliphatic heterocycles. The second kappa shape index (κ2) is 4.07. The van der Waals surface area contributed by atoms with Crippen molar-refractivity contribution >= 4 is 22.0 Å². The summed E-state index contributed by atoms with van der Waals surface area (Å²) in [5, 5.41) is -0.0561. The summed E-state index contributed by atoms with van der Waals surface area (Å²) in [7, 11) is 0. The van der Waals surface area contributed by atoms with E-state index in [-0.39, 0.29) is 10.2 Å². The normalized spacial score (nSPS) is 9.42. The Bertz CT molecular complexity index is 293. The summed E-state index contributed by atoms with van der Waals surface area (Å²) >= 11 is 0.841. The highest BCUT2D eigenvalue weighted by molar-refractivity contribution is 8.26. The lowest BCUT2D eigenvalue weighted by atomic mass is 10.2. The molecule has 0 spiro atoms. The van der Waals surface area contributed by atoms with Gasteiger partial charge in [0.2, 0.25) is 0 Å². The average Bonchev–Trinajstić information content (AvgIpc) is 2.05. The monoisotopic (exact) mass is 181 g/mol. The van der Waals surface area contributed by atoms with E-state index in [0.29, 0.717) is 5.56 Å². The van der Waals surface area contributed by atoms with Gasteiger partial charge in [0.05, 0.1) is 17.3 Å². The van der Waals surface area contributed by atoms with Crippen molar-refractivity contribution in [1.82, 2.24) is 0 Å². The molecule has 1 rings (SSSR count). The molecule has 0 saturated heterocycles. The summed E-state index contributed by atoms with van der Waals surface area (Å²) in [6, 6.07) is 8.99. The summed E-state index contributed by atoms with van der Waals surface area (Å²) < 4.78 is 0. The van der Waals surface area contributed by atoms with E-state index < -0.39 is 0 Å². The highest BCUT2D eigenvalue weighted by atomic mass is 32.2. The fraction of sp³-hybridized carbons (Fsp3) is 0.111. The third-order valence-electron chi connectivity index (χ3n) is 1.26. The molecule has 0 unspecified atom stereocenters. The smallest absolute Gasteiger partial charge is 0.287 e. The molecule has 0 aromatic heterocycles.